The Morgan fingerprint density at radius 3 is 2.31 bits per heavy atom. The van der Waals surface area contributed by atoms with Gasteiger partial charge in [-0.3, -0.25) is 9.59 Å². The van der Waals surface area contributed by atoms with Crippen LogP contribution in [-0.4, -0.2) is 30.6 Å². The van der Waals surface area contributed by atoms with Crippen LogP contribution in [0.5, 0.6) is 0 Å². The summed E-state index contributed by atoms with van der Waals surface area (Å²) in [5.41, 5.74) is 0. The van der Waals surface area contributed by atoms with E-state index in [9.17, 15) is 22.8 Å². The van der Waals surface area contributed by atoms with Gasteiger partial charge in [0.05, 0.1) is 0 Å². The summed E-state index contributed by atoms with van der Waals surface area (Å²) in [6, 6.07) is -0.0224. The molecule has 0 aliphatic rings. The summed E-state index contributed by atoms with van der Waals surface area (Å²) in [4.78, 5) is 21.5. The second-order valence-corrected chi connectivity index (χ2v) is 3.38. The molecule has 0 radical (unpaired) electrons. The molecule has 94 valence electrons. The first kappa shape index (κ1) is 14.7. The maximum absolute atomic E-state index is 11.7. The third-order valence-electron chi connectivity index (χ3n) is 1.91. The molecule has 0 aliphatic heterocycles. The Hall–Kier alpha value is -1.27. The molecule has 0 spiro atoms. The number of nitrogens with one attached hydrogen (secondary N) is 2. The van der Waals surface area contributed by atoms with E-state index in [0.717, 1.165) is 6.42 Å². The number of hydrogen-bond donors (Lipinski definition) is 2. The van der Waals surface area contributed by atoms with Gasteiger partial charge in [-0.05, 0) is 13.3 Å². The highest BCUT2D eigenvalue weighted by Crippen LogP contribution is 2.13. The molecule has 0 bridgehead atoms. The zero-order valence-electron chi connectivity index (χ0n) is 9.15. The maximum Gasteiger partial charge on any atom is 0.471 e. The summed E-state index contributed by atoms with van der Waals surface area (Å²) in [5.74, 6) is -2.40. The van der Waals surface area contributed by atoms with Crippen molar-refractivity contribution in [2.75, 3.05) is 6.54 Å². The Bertz CT molecular complexity index is 254. The molecule has 2 amide bonds. The predicted octanol–water partition coefficient (Wildman–Crippen LogP) is 0.970. The summed E-state index contributed by atoms with van der Waals surface area (Å²) >= 11 is 0. The van der Waals surface area contributed by atoms with Gasteiger partial charge in [0.25, 0.3) is 0 Å². The van der Waals surface area contributed by atoms with Gasteiger partial charge in [0, 0.05) is 19.0 Å². The van der Waals surface area contributed by atoms with E-state index < -0.39 is 12.1 Å². The van der Waals surface area contributed by atoms with E-state index in [-0.39, 0.29) is 24.9 Å². The van der Waals surface area contributed by atoms with E-state index in [2.05, 4.69) is 5.32 Å². The number of carbonyl (C=O) groups excluding carboxylic acids is 2. The van der Waals surface area contributed by atoms with Crippen molar-refractivity contribution in [3.8, 4) is 0 Å². The van der Waals surface area contributed by atoms with Crippen molar-refractivity contribution in [2.24, 2.45) is 0 Å². The molecule has 0 aromatic carbocycles. The van der Waals surface area contributed by atoms with Crippen LogP contribution in [-0.2, 0) is 9.59 Å². The quantitative estimate of drug-likeness (QED) is 0.752. The molecule has 0 aromatic rings. The average molecular weight is 240 g/mol. The van der Waals surface area contributed by atoms with E-state index in [4.69, 9.17) is 0 Å². The van der Waals surface area contributed by atoms with Gasteiger partial charge in [0.2, 0.25) is 5.91 Å². The van der Waals surface area contributed by atoms with Crippen molar-refractivity contribution < 1.29 is 22.8 Å². The molecule has 1 unspecified atom stereocenters. The monoisotopic (exact) mass is 240 g/mol. The van der Waals surface area contributed by atoms with Crippen molar-refractivity contribution in [3.63, 3.8) is 0 Å². The van der Waals surface area contributed by atoms with Crippen LogP contribution in [0, 0.1) is 0 Å². The molecular weight excluding hydrogens is 225 g/mol. The largest absolute Gasteiger partial charge is 0.471 e. The fourth-order valence-corrected chi connectivity index (χ4v) is 0.839. The fraction of sp³-hybridized carbons (Fsp3) is 0.778. The lowest BCUT2D eigenvalue weighted by atomic mass is 10.2. The zero-order valence-corrected chi connectivity index (χ0v) is 9.15. The summed E-state index contributed by atoms with van der Waals surface area (Å²) in [7, 11) is 0. The molecule has 1 atom stereocenters. The van der Waals surface area contributed by atoms with E-state index >= 15 is 0 Å². The Labute approximate surface area is 91.6 Å². The second kappa shape index (κ2) is 6.34. The minimum Gasteiger partial charge on any atom is -0.354 e. The second-order valence-electron chi connectivity index (χ2n) is 3.38. The molecule has 0 aliphatic carbocycles. The minimum atomic E-state index is -4.90. The lowest BCUT2D eigenvalue weighted by Gasteiger charge is -2.12. The molecule has 16 heavy (non-hydrogen) atoms. The highest BCUT2D eigenvalue weighted by molar-refractivity contribution is 5.82. The smallest absolute Gasteiger partial charge is 0.354 e. The van der Waals surface area contributed by atoms with Crippen LogP contribution in [0.2, 0.25) is 0 Å². The molecule has 4 nitrogen and oxygen atoms in total. The standard InChI is InChI=1S/C9H15F3N2O2/c1-3-6(2)14-7(15)4-5-13-8(16)9(10,11)12/h6H,3-5H2,1-2H3,(H,13,16)(H,14,15). The predicted molar refractivity (Wildman–Crippen MR) is 51.6 cm³/mol. The Morgan fingerprint density at radius 2 is 1.88 bits per heavy atom. The molecule has 0 fully saturated rings. The molecular formula is C9H15F3N2O2. The molecule has 0 saturated carbocycles. The number of hydrogen-bond acceptors (Lipinski definition) is 2. The van der Waals surface area contributed by atoms with Gasteiger partial charge in [-0.1, -0.05) is 6.92 Å². The van der Waals surface area contributed by atoms with Gasteiger partial charge in [0.15, 0.2) is 0 Å². The van der Waals surface area contributed by atoms with Crippen LogP contribution in [0.3, 0.4) is 0 Å². The normalized spacial score (nSPS) is 13.1. The SMILES string of the molecule is CCC(C)NC(=O)CCNC(=O)C(F)(F)F. The van der Waals surface area contributed by atoms with Crippen molar-refractivity contribution in [3.05, 3.63) is 0 Å². The Balaban J connectivity index is 3.75. The third kappa shape index (κ3) is 6.26. The summed E-state index contributed by atoms with van der Waals surface area (Å²) in [6.45, 7) is 3.34. The molecule has 0 aromatic heterocycles. The van der Waals surface area contributed by atoms with Gasteiger partial charge in [-0.2, -0.15) is 13.2 Å². The average Bonchev–Trinajstić information content (AvgIpc) is 2.15. The first-order chi connectivity index (χ1) is 7.27. The van der Waals surface area contributed by atoms with Crippen molar-refractivity contribution in [2.45, 2.75) is 38.9 Å². The van der Waals surface area contributed by atoms with Crippen LogP contribution in [0.25, 0.3) is 0 Å². The van der Waals surface area contributed by atoms with E-state index in [0.29, 0.717) is 0 Å². The third-order valence-corrected chi connectivity index (χ3v) is 1.91. The van der Waals surface area contributed by atoms with E-state index in [1.807, 2.05) is 6.92 Å². The van der Waals surface area contributed by atoms with E-state index in [1.54, 1.807) is 12.2 Å². The Morgan fingerprint density at radius 1 is 1.31 bits per heavy atom. The highest BCUT2D eigenvalue weighted by atomic mass is 19.4. The molecule has 0 heterocycles. The first-order valence-electron chi connectivity index (χ1n) is 4.91. The summed E-state index contributed by atoms with van der Waals surface area (Å²) in [5, 5.41) is 4.19. The number of rotatable bonds is 5. The minimum absolute atomic E-state index is 0.0224. The van der Waals surface area contributed by atoms with Gasteiger partial charge in [0.1, 0.15) is 0 Å². The Kier molecular flexibility index (Phi) is 5.84. The van der Waals surface area contributed by atoms with Gasteiger partial charge >= 0.3 is 12.1 Å². The first-order valence-corrected chi connectivity index (χ1v) is 4.91. The lowest BCUT2D eigenvalue weighted by molar-refractivity contribution is -0.173. The molecule has 2 N–H and O–H groups in total. The van der Waals surface area contributed by atoms with Crippen molar-refractivity contribution >= 4 is 11.8 Å². The fourth-order valence-electron chi connectivity index (χ4n) is 0.839. The van der Waals surface area contributed by atoms with Gasteiger partial charge < -0.3 is 10.6 Å². The van der Waals surface area contributed by atoms with E-state index in [1.165, 1.54) is 0 Å². The maximum atomic E-state index is 11.7. The number of alkyl halides is 3. The summed E-state index contributed by atoms with van der Waals surface area (Å²) in [6.07, 6.45) is -4.32. The number of amides is 2. The van der Waals surface area contributed by atoms with Crippen LogP contribution in [0.15, 0.2) is 0 Å². The lowest BCUT2D eigenvalue weighted by Crippen LogP contribution is -2.40. The van der Waals surface area contributed by atoms with Gasteiger partial charge in [-0.25, -0.2) is 0 Å². The number of carbonyl (C=O) groups is 2. The molecule has 7 heteroatoms. The van der Waals surface area contributed by atoms with Crippen LogP contribution in [0.1, 0.15) is 26.7 Å². The van der Waals surface area contributed by atoms with Crippen LogP contribution < -0.4 is 10.6 Å². The highest BCUT2D eigenvalue weighted by Gasteiger charge is 2.38. The zero-order chi connectivity index (χ0) is 12.8. The topological polar surface area (TPSA) is 58.2 Å². The van der Waals surface area contributed by atoms with Crippen molar-refractivity contribution in [1.82, 2.24) is 10.6 Å². The number of halogens is 3. The summed E-state index contributed by atoms with van der Waals surface area (Å²) < 4.78 is 35.2. The van der Waals surface area contributed by atoms with Crippen LogP contribution >= 0.6 is 0 Å². The molecule has 0 rings (SSSR count). The molecule has 0 saturated heterocycles. The van der Waals surface area contributed by atoms with Gasteiger partial charge in [-0.15, -0.1) is 0 Å². The van der Waals surface area contributed by atoms with Crippen LogP contribution in [0.4, 0.5) is 13.2 Å². The van der Waals surface area contributed by atoms with Crippen molar-refractivity contribution in [1.29, 1.82) is 0 Å².